The van der Waals surface area contributed by atoms with Gasteiger partial charge < -0.3 is 9.47 Å². The Morgan fingerprint density at radius 3 is 2.88 bits per heavy atom. The fourth-order valence-electron chi connectivity index (χ4n) is 1.76. The molecule has 1 fully saturated rings. The van der Waals surface area contributed by atoms with E-state index in [-0.39, 0.29) is 6.04 Å². The molecular formula is C11H17NO4. The normalized spacial score (nSPS) is 20.6. The molecule has 0 N–H and O–H groups in total. The third kappa shape index (κ3) is 2.35. The van der Waals surface area contributed by atoms with Gasteiger partial charge in [-0.05, 0) is 20.3 Å². The Hall–Kier alpha value is -1.52. The van der Waals surface area contributed by atoms with Crippen LogP contribution in [0.15, 0.2) is 12.7 Å². The average molecular weight is 227 g/mol. The van der Waals surface area contributed by atoms with Gasteiger partial charge in [0.05, 0.1) is 6.04 Å². The largest absolute Gasteiger partial charge is 0.447 e. The summed E-state index contributed by atoms with van der Waals surface area (Å²) < 4.78 is 10.1. The molecule has 1 unspecified atom stereocenters. The molecule has 0 saturated carbocycles. The Balaban J connectivity index is 2.83. The molecule has 5 nitrogen and oxygen atoms in total. The molecule has 0 aromatic carbocycles. The topological polar surface area (TPSA) is 55.8 Å². The lowest BCUT2D eigenvalue weighted by atomic mass is 10.1. The van der Waals surface area contributed by atoms with Crippen molar-refractivity contribution in [1.82, 2.24) is 4.90 Å². The standard InChI is InChI=1S/C11H17NO4/c1-5-8-7-15-10(14)12(8)11(3,4)16-9(13)6-2/h6,8H,2,5,7H2,1,3-4H3. The molecule has 90 valence electrons. The van der Waals surface area contributed by atoms with Crippen LogP contribution < -0.4 is 0 Å². The SMILES string of the molecule is C=CC(=O)OC(C)(C)N1C(=O)OCC1CC. The van der Waals surface area contributed by atoms with E-state index >= 15 is 0 Å². The maximum Gasteiger partial charge on any atom is 0.413 e. The molecule has 1 aliphatic rings. The quantitative estimate of drug-likeness (QED) is 0.541. The van der Waals surface area contributed by atoms with Crippen molar-refractivity contribution in [1.29, 1.82) is 0 Å². The van der Waals surface area contributed by atoms with E-state index in [1.807, 2.05) is 6.92 Å². The van der Waals surface area contributed by atoms with E-state index in [9.17, 15) is 9.59 Å². The predicted molar refractivity (Wildman–Crippen MR) is 57.6 cm³/mol. The first-order chi connectivity index (χ1) is 7.42. The van der Waals surface area contributed by atoms with E-state index in [0.717, 1.165) is 12.5 Å². The van der Waals surface area contributed by atoms with Crippen LogP contribution in [0, 0.1) is 0 Å². The Bertz CT molecular complexity index is 311. The number of carbonyl (C=O) groups excluding carboxylic acids is 2. The molecule has 1 rings (SSSR count). The number of hydrogen-bond donors (Lipinski definition) is 0. The number of carbonyl (C=O) groups is 2. The molecular weight excluding hydrogens is 210 g/mol. The van der Waals surface area contributed by atoms with E-state index in [2.05, 4.69) is 6.58 Å². The smallest absolute Gasteiger partial charge is 0.413 e. The maximum absolute atomic E-state index is 11.5. The van der Waals surface area contributed by atoms with E-state index in [4.69, 9.17) is 9.47 Å². The first-order valence-electron chi connectivity index (χ1n) is 5.24. The number of esters is 1. The number of hydrogen-bond acceptors (Lipinski definition) is 4. The highest BCUT2D eigenvalue weighted by Gasteiger charge is 2.44. The van der Waals surface area contributed by atoms with Crippen LogP contribution in [0.2, 0.25) is 0 Å². The number of nitrogens with zero attached hydrogens (tertiary/aromatic N) is 1. The summed E-state index contributed by atoms with van der Waals surface area (Å²) in [5.74, 6) is -0.556. The summed E-state index contributed by atoms with van der Waals surface area (Å²) in [6.07, 6.45) is 1.37. The molecule has 1 heterocycles. The van der Waals surface area contributed by atoms with E-state index in [1.54, 1.807) is 13.8 Å². The number of amides is 1. The lowest BCUT2D eigenvalue weighted by Gasteiger charge is -2.35. The highest BCUT2D eigenvalue weighted by molar-refractivity contribution is 5.82. The van der Waals surface area contributed by atoms with Gasteiger partial charge in [-0.3, -0.25) is 4.90 Å². The van der Waals surface area contributed by atoms with Gasteiger partial charge in [-0.1, -0.05) is 13.5 Å². The molecule has 1 atom stereocenters. The lowest BCUT2D eigenvalue weighted by Crippen LogP contribution is -2.51. The Kier molecular flexibility index (Phi) is 3.57. The Morgan fingerprint density at radius 1 is 1.75 bits per heavy atom. The highest BCUT2D eigenvalue weighted by atomic mass is 16.6. The van der Waals surface area contributed by atoms with Crippen molar-refractivity contribution < 1.29 is 19.1 Å². The fraction of sp³-hybridized carbons (Fsp3) is 0.636. The zero-order valence-electron chi connectivity index (χ0n) is 9.86. The highest BCUT2D eigenvalue weighted by Crippen LogP contribution is 2.27. The van der Waals surface area contributed by atoms with Crippen LogP contribution >= 0.6 is 0 Å². The zero-order valence-corrected chi connectivity index (χ0v) is 9.86. The lowest BCUT2D eigenvalue weighted by molar-refractivity contribution is -0.166. The molecule has 0 radical (unpaired) electrons. The van der Waals surface area contributed by atoms with Crippen molar-refractivity contribution in [3.8, 4) is 0 Å². The summed E-state index contributed by atoms with van der Waals surface area (Å²) in [7, 11) is 0. The minimum atomic E-state index is -1.01. The summed E-state index contributed by atoms with van der Waals surface area (Å²) in [5, 5.41) is 0. The van der Waals surface area contributed by atoms with Gasteiger partial charge in [-0.25, -0.2) is 9.59 Å². The fourth-order valence-corrected chi connectivity index (χ4v) is 1.76. The zero-order chi connectivity index (χ0) is 12.3. The second-order valence-electron chi connectivity index (χ2n) is 4.08. The van der Waals surface area contributed by atoms with Crippen LogP contribution in [0.5, 0.6) is 0 Å². The molecule has 0 aromatic heterocycles. The average Bonchev–Trinajstić information content (AvgIpc) is 2.59. The minimum absolute atomic E-state index is 0.0554. The molecule has 0 spiro atoms. The van der Waals surface area contributed by atoms with Crippen molar-refractivity contribution in [3.63, 3.8) is 0 Å². The second-order valence-corrected chi connectivity index (χ2v) is 4.08. The van der Waals surface area contributed by atoms with Crippen LogP contribution in [0.3, 0.4) is 0 Å². The van der Waals surface area contributed by atoms with E-state index in [1.165, 1.54) is 4.90 Å². The van der Waals surface area contributed by atoms with Gasteiger partial charge in [0.2, 0.25) is 0 Å². The number of ether oxygens (including phenoxy) is 2. The Morgan fingerprint density at radius 2 is 2.38 bits per heavy atom. The van der Waals surface area contributed by atoms with Gasteiger partial charge in [0.1, 0.15) is 6.61 Å². The molecule has 16 heavy (non-hydrogen) atoms. The van der Waals surface area contributed by atoms with Crippen molar-refractivity contribution in [2.24, 2.45) is 0 Å². The molecule has 0 bridgehead atoms. The van der Waals surface area contributed by atoms with Gasteiger partial charge in [0.15, 0.2) is 5.72 Å². The van der Waals surface area contributed by atoms with Gasteiger partial charge in [0, 0.05) is 6.08 Å². The predicted octanol–water partition coefficient (Wildman–Crippen LogP) is 1.68. The third-order valence-corrected chi connectivity index (χ3v) is 2.53. The van der Waals surface area contributed by atoms with Crippen molar-refractivity contribution in [3.05, 3.63) is 12.7 Å². The number of cyclic esters (lactones) is 1. The molecule has 0 aromatic rings. The summed E-state index contributed by atoms with van der Waals surface area (Å²) in [5.41, 5.74) is -1.01. The van der Waals surface area contributed by atoms with Crippen molar-refractivity contribution in [2.75, 3.05) is 6.61 Å². The summed E-state index contributed by atoms with van der Waals surface area (Å²) in [6.45, 7) is 8.92. The van der Waals surface area contributed by atoms with Crippen molar-refractivity contribution in [2.45, 2.75) is 39.0 Å². The Labute approximate surface area is 95.0 Å². The van der Waals surface area contributed by atoms with E-state index in [0.29, 0.717) is 6.61 Å². The monoisotopic (exact) mass is 227 g/mol. The van der Waals surface area contributed by atoms with Crippen LogP contribution in [0.4, 0.5) is 4.79 Å². The third-order valence-electron chi connectivity index (χ3n) is 2.53. The maximum atomic E-state index is 11.5. The summed E-state index contributed by atoms with van der Waals surface area (Å²) >= 11 is 0. The first kappa shape index (κ1) is 12.5. The van der Waals surface area contributed by atoms with Crippen LogP contribution in [-0.2, 0) is 14.3 Å². The van der Waals surface area contributed by atoms with Gasteiger partial charge in [-0.15, -0.1) is 0 Å². The van der Waals surface area contributed by atoms with Gasteiger partial charge in [0.25, 0.3) is 0 Å². The van der Waals surface area contributed by atoms with Crippen molar-refractivity contribution >= 4 is 12.1 Å². The van der Waals surface area contributed by atoms with Gasteiger partial charge in [-0.2, -0.15) is 0 Å². The van der Waals surface area contributed by atoms with Crippen LogP contribution in [-0.4, -0.2) is 35.3 Å². The molecule has 0 aliphatic carbocycles. The molecule has 1 saturated heterocycles. The van der Waals surface area contributed by atoms with E-state index < -0.39 is 17.8 Å². The summed E-state index contributed by atoms with van der Waals surface area (Å²) in [4.78, 5) is 24.2. The second kappa shape index (κ2) is 4.55. The first-order valence-corrected chi connectivity index (χ1v) is 5.24. The van der Waals surface area contributed by atoms with Gasteiger partial charge >= 0.3 is 12.1 Å². The molecule has 1 aliphatic heterocycles. The molecule has 5 heteroatoms. The number of rotatable bonds is 4. The van der Waals surface area contributed by atoms with Crippen LogP contribution in [0.1, 0.15) is 27.2 Å². The molecule has 1 amide bonds. The van der Waals surface area contributed by atoms with Crippen LogP contribution in [0.25, 0.3) is 0 Å². The minimum Gasteiger partial charge on any atom is -0.447 e. The summed E-state index contributed by atoms with van der Waals surface area (Å²) in [6, 6.07) is -0.0554.